The molecule has 0 N–H and O–H groups in total. The second-order valence-electron chi connectivity index (χ2n) is 4.47. The molecule has 0 rings (SSSR count). The maximum absolute atomic E-state index is 2.39. The van der Waals surface area contributed by atoms with Gasteiger partial charge in [-0.3, -0.25) is 0 Å². The van der Waals surface area contributed by atoms with E-state index >= 15 is 0 Å². The van der Waals surface area contributed by atoms with Crippen molar-refractivity contribution in [1.82, 2.24) is 4.90 Å². The first-order valence-electron chi connectivity index (χ1n) is 5.40. The fourth-order valence-electron chi connectivity index (χ4n) is 1.69. The topological polar surface area (TPSA) is 3.24 Å². The molecular weight excluding hydrogens is 158 g/mol. The lowest BCUT2D eigenvalue weighted by atomic mass is 10.1. The van der Waals surface area contributed by atoms with Crippen molar-refractivity contribution >= 4 is 0 Å². The molecular formula is C12H25N. The molecule has 0 aromatic rings. The van der Waals surface area contributed by atoms with Gasteiger partial charge in [0.05, 0.1) is 0 Å². The molecule has 0 heterocycles. The molecule has 13 heavy (non-hydrogen) atoms. The molecule has 0 unspecified atom stereocenters. The number of allylic oxidation sites excluding steroid dienone is 2. The van der Waals surface area contributed by atoms with Gasteiger partial charge in [-0.05, 0) is 18.3 Å². The number of hydrogen-bond donors (Lipinski definition) is 0. The van der Waals surface area contributed by atoms with E-state index in [4.69, 9.17) is 0 Å². The Hall–Kier alpha value is -0.460. The van der Waals surface area contributed by atoms with Crippen LogP contribution >= 0.6 is 0 Å². The molecule has 0 saturated heterocycles. The average molecular weight is 183 g/mol. The predicted octanol–water partition coefficient (Wildman–Crippen LogP) is 3.52. The number of hydrogen-bond acceptors (Lipinski definition) is 1. The van der Waals surface area contributed by atoms with Crippen molar-refractivity contribution in [3.63, 3.8) is 0 Å². The highest BCUT2D eigenvalue weighted by Crippen LogP contribution is 2.15. The van der Waals surface area contributed by atoms with Gasteiger partial charge in [0, 0.05) is 19.3 Å². The van der Waals surface area contributed by atoms with Crippen LogP contribution in [0.3, 0.4) is 0 Å². The van der Waals surface area contributed by atoms with E-state index in [9.17, 15) is 0 Å². The Kier molecular flexibility index (Phi) is 5.85. The second kappa shape index (κ2) is 6.06. The fourth-order valence-corrected chi connectivity index (χ4v) is 1.69. The maximum atomic E-state index is 2.39. The molecule has 0 radical (unpaired) electrons. The largest absolute Gasteiger partial charge is 0.378 e. The minimum absolute atomic E-state index is 0.642. The second-order valence-corrected chi connectivity index (χ2v) is 4.47. The first kappa shape index (κ1) is 12.5. The van der Waals surface area contributed by atoms with Crippen molar-refractivity contribution < 1.29 is 0 Å². The van der Waals surface area contributed by atoms with E-state index in [2.05, 4.69) is 52.6 Å². The van der Waals surface area contributed by atoms with Crippen LogP contribution in [0, 0.1) is 11.8 Å². The van der Waals surface area contributed by atoms with E-state index in [1.54, 1.807) is 0 Å². The van der Waals surface area contributed by atoms with E-state index in [-0.39, 0.29) is 0 Å². The lowest BCUT2D eigenvalue weighted by Crippen LogP contribution is -2.25. The summed E-state index contributed by atoms with van der Waals surface area (Å²) < 4.78 is 0. The van der Waals surface area contributed by atoms with Gasteiger partial charge in [0.15, 0.2) is 0 Å². The van der Waals surface area contributed by atoms with E-state index in [1.165, 1.54) is 5.70 Å². The summed E-state index contributed by atoms with van der Waals surface area (Å²) >= 11 is 0. The smallest absolute Gasteiger partial charge is 0.0194 e. The van der Waals surface area contributed by atoms with Gasteiger partial charge in [-0.1, -0.05) is 40.7 Å². The fraction of sp³-hybridized carbons (Fsp3) is 0.833. The van der Waals surface area contributed by atoms with Crippen molar-refractivity contribution in [2.45, 2.75) is 41.0 Å². The molecule has 78 valence electrons. The highest BCUT2D eigenvalue weighted by Gasteiger charge is 2.09. The molecule has 0 bridgehead atoms. The standard InChI is InChI=1S/C12H25N/c1-7-8-12(11(4)5)13(6)9-10(2)3/h8,10-11H,7,9H2,1-6H3/b12-8-. The Morgan fingerprint density at radius 1 is 1.23 bits per heavy atom. The summed E-state index contributed by atoms with van der Waals surface area (Å²) in [6, 6.07) is 0. The van der Waals surface area contributed by atoms with Crippen LogP contribution in [-0.4, -0.2) is 18.5 Å². The number of nitrogens with zero attached hydrogens (tertiary/aromatic N) is 1. The molecule has 0 spiro atoms. The molecule has 0 atom stereocenters. The molecule has 0 aromatic heterocycles. The first-order valence-corrected chi connectivity index (χ1v) is 5.40. The van der Waals surface area contributed by atoms with Crippen LogP contribution < -0.4 is 0 Å². The van der Waals surface area contributed by atoms with Crippen LogP contribution in [0.25, 0.3) is 0 Å². The van der Waals surface area contributed by atoms with Gasteiger partial charge in [0.2, 0.25) is 0 Å². The summed E-state index contributed by atoms with van der Waals surface area (Å²) in [5.41, 5.74) is 1.48. The maximum Gasteiger partial charge on any atom is 0.0194 e. The summed E-state index contributed by atoms with van der Waals surface area (Å²) in [6.45, 7) is 12.4. The molecule has 0 saturated carbocycles. The van der Waals surface area contributed by atoms with Gasteiger partial charge in [0.25, 0.3) is 0 Å². The zero-order chi connectivity index (χ0) is 10.4. The summed E-state index contributed by atoms with van der Waals surface area (Å²) in [5.74, 6) is 1.38. The SMILES string of the molecule is CC/C=C(/C(C)C)N(C)CC(C)C. The summed E-state index contributed by atoms with van der Waals surface area (Å²) in [5, 5.41) is 0. The summed E-state index contributed by atoms with van der Waals surface area (Å²) in [4.78, 5) is 2.39. The third-order valence-electron chi connectivity index (χ3n) is 2.08. The molecule has 0 aliphatic rings. The normalized spacial score (nSPS) is 12.8. The van der Waals surface area contributed by atoms with E-state index in [1.807, 2.05) is 0 Å². The van der Waals surface area contributed by atoms with E-state index in [0.717, 1.165) is 18.9 Å². The molecule has 0 aromatic carbocycles. The number of rotatable bonds is 5. The molecule has 0 fully saturated rings. The van der Waals surface area contributed by atoms with Gasteiger partial charge in [-0.2, -0.15) is 0 Å². The molecule has 0 aliphatic heterocycles. The average Bonchev–Trinajstić information content (AvgIpc) is 1.97. The Morgan fingerprint density at radius 2 is 1.77 bits per heavy atom. The van der Waals surface area contributed by atoms with E-state index in [0.29, 0.717) is 5.92 Å². The summed E-state index contributed by atoms with van der Waals surface area (Å²) in [6.07, 6.45) is 3.48. The van der Waals surface area contributed by atoms with Gasteiger partial charge in [-0.15, -0.1) is 0 Å². The predicted molar refractivity (Wildman–Crippen MR) is 60.7 cm³/mol. The quantitative estimate of drug-likeness (QED) is 0.630. The minimum Gasteiger partial charge on any atom is -0.378 e. The van der Waals surface area contributed by atoms with Crippen LogP contribution in [0.2, 0.25) is 0 Å². The molecule has 1 heteroatoms. The zero-order valence-electron chi connectivity index (χ0n) is 10.1. The van der Waals surface area contributed by atoms with Crippen molar-refractivity contribution in [1.29, 1.82) is 0 Å². The van der Waals surface area contributed by atoms with Crippen LogP contribution in [0.4, 0.5) is 0 Å². The molecule has 1 nitrogen and oxygen atoms in total. The first-order chi connectivity index (χ1) is 5.99. The van der Waals surface area contributed by atoms with Crippen LogP contribution in [0.5, 0.6) is 0 Å². The Labute approximate surface area is 83.8 Å². The summed E-state index contributed by atoms with van der Waals surface area (Å²) in [7, 11) is 2.20. The third kappa shape index (κ3) is 4.97. The Bertz CT molecular complexity index is 157. The third-order valence-corrected chi connectivity index (χ3v) is 2.08. The molecule has 0 aliphatic carbocycles. The van der Waals surface area contributed by atoms with Crippen molar-refractivity contribution in [2.24, 2.45) is 11.8 Å². The highest BCUT2D eigenvalue weighted by atomic mass is 15.1. The lowest BCUT2D eigenvalue weighted by Gasteiger charge is -2.27. The zero-order valence-corrected chi connectivity index (χ0v) is 10.1. The monoisotopic (exact) mass is 183 g/mol. The van der Waals surface area contributed by atoms with Crippen molar-refractivity contribution in [2.75, 3.05) is 13.6 Å². The van der Waals surface area contributed by atoms with Gasteiger partial charge < -0.3 is 4.90 Å². The van der Waals surface area contributed by atoms with E-state index < -0.39 is 0 Å². The van der Waals surface area contributed by atoms with Crippen molar-refractivity contribution in [3.8, 4) is 0 Å². The Morgan fingerprint density at radius 3 is 2.08 bits per heavy atom. The van der Waals surface area contributed by atoms with Crippen LogP contribution in [0.1, 0.15) is 41.0 Å². The van der Waals surface area contributed by atoms with Gasteiger partial charge in [-0.25, -0.2) is 0 Å². The van der Waals surface area contributed by atoms with Crippen LogP contribution in [0.15, 0.2) is 11.8 Å². The molecule has 0 amide bonds. The lowest BCUT2D eigenvalue weighted by molar-refractivity contribution is 0.330. The minimum atomic E-state index is 0.642. The van der Waals surface area contributed by atoms with Gasteiger partial charge >= 0.3 is 0 Å². The highest BCUT2D eigenvalue weighted by molar-refractivity contribution is 5.02. The van der Waals surface area contributed by atoms with Crippen LogP contribution in [-0.2, 0) is 0 Å². The Balaban J connectivity index is 4.29. The van der Waals surface area contributed by atoms with Crippen molar-refractivity contribution in [3.05, 3.63) is 11.8 Å². The van der Waals surface area contributed by atoms with Gasteiger partial charge in [0.1, 0.15) is 0 Å².